The van der Waals surface area contributed by atoms with E-state index in [0.29, 0.717) is 12.2 Å². The van der Waals surface area contributed by atoms with Crippen molar-refractivity contribution in [3.63, 3.8) is 0 Å². The fourth-order valence-corrected chi connectivity index (χ4v) is 4.55. The van der Waals surface area contributed by atoms with Crippen molar-refractivity contribution in [3.05, 3.63) is 0 Å². The highest BCUT2D eigenvalue weighted by Crippen LogP contribution is 2.24. The summed E-state index contributed by atoms with van der Waals surface area (Å²) in [5, 5.41) is 8.80. The lowest BCUT2D eigenvalue weighted by atomic mass is 10.4. The maximum absolute atomic E-state index is 11.6. The topological polar surface area (TPSA) is 74.7 Å². The normalized spacial score (nSPS) is 23.9. The zero-order valence-corrected chi connectivity index (χ0v) is 9.47. The van der Waals surface area contributed by atoms with Crippen LogP contribution in [0.15, 0.2) is 0 Å². The molecule has 82 valence electrons. The molecule has 0 aromatic rings. The maximum atomic E-state index is 11.6. The van der Waals surface area contributed by atoms with E-state index in [0.717, 1.165) is 4.31 Å². The Balaban J connectivity index is 2.81. The molecule has 1 N–H and O–H groups in total. The van der Waals surface area contributed by atoms with Gasteiger partial charge in [0.2, 0.25) is 10.0 Å². The van der Waals surface area contributed by atoms with Crippen molar-refractivity contribution in [1.82, 2.24) is 4.31 Å². The van der Waals surface area contributed by atoms with E-state index in [1.807, 2.05) is 0 Å². The van der Waals surface area contributed by atoms with Crippen LogP contribution in [0.2, 0.25) is 0 Å². The van der Waals surface area contributed by atoms with E-state index in [-0.39, 0.29) is 11.6 Å². The van der Waals surface area contributed by atoms with Crippen molar-refractivity contribution < 1.29 is 18.3 Å². The first-order chi connectivity index (χ1) is 6.49. The number of carboxylic acid groups (broad SMARTS) is 1. The largest absolute Gasteiger partial charge is 0.480 e. The molecule has 0 amide bonds. The van der Waals surface area contributed by atoms with E-state index in [4.69, 9.17) is 5.11 Å². The van der Waals surface area contributed by atoms with Gasteiger partial charge in [0.05, 0.1) is 11.6 Å². The van der Waals surface area contributed by atoms with E-state index >= 15 is 0 Å². The molecular weight excluding hydrogens is 226 g/mol. The van der Waals surface area contributed by atoms with Crippen molar-refractivity contribution in [2.45, 2.75) is 19.4 Å². The number of sulfonamides is 1. The summed E-state index contributed by atoms with van der Waals surface area (Å²) in [7, 11) is -3.37. The van der Waals surface area contributed by atoms with Crippen LogP contribution in [-0.4, -0.2) is 47.2 Å². The smallest absolute Gasteiger partial charge is 0.322 e. The Labute approximate surface area is 87.5 Å². The molecule has 1 heterocycles. The van der Waals surface area contributed by atoms with Crippen LogP contribution in [0.1, 0.15) is 13.3 Å². The molecule has 1 aliphatic heterocycles. The van der Waals surface area contributed by atoms with Crippen molar-refractivity contribution in [3.8, 4) is 0 Å². The molecule has 7 heteroatoms. The average Bonchev–Trinajstić information content (AvgIpc) is 2.51. The molecule has 0 bridgehead atoms. The number of carboxylic acids is 1. The fourth-order valence-electron chi connectivity index (χ4n) is 1.27. The summed E-state index contributed by atoms with van der Waals surface area (Å²) in [6.07, 6.45) is 0.510. The van der Waals surface area contributed by atoms with Gasteiger partial charge in [-0.1, -0.05) is 6.92 Å². The third kappa shape index (κ3) is 2.40. The SMILES string of the molecule is CCCS(=O)(=O)N1CSC[C@H]1C(=O)O. The van der Waals surface area contributed by atoms with Gasteiger partial charge in [-0.25, -0.2) is 8.42 Å². The van der Waals surface area contributed by atoms with Crippen molar-refractivity contribution in [2.24, 2.45) is 0 Å². The first-order valence-electron chi connectivity index (χ1n) is 4.29. The molecule has 5 nitrogen and oxygen atoms in total. The van der Waals surface area contributed by atoms with E-state index in [1.165, 1.54) is 11.8 Å². The van der Waals surface area contributed by atoms with E-state index < -0.39 is 22.0 Å². The lowest BCUT2D eigenvalue weighted by Gasteiger charge is -2.19. The number of nitrogens with zero attached hydrogens (tertiary/aromatic N) is 1. The second kappa shape index (κ2) is 4.50. The molecule has 1 saturated heterocycles. The van der Waals surface area contributed by atoms with Gasteiger partial charge in [-0.2, -0.15) is 4.31 Å². The average molecular weight is 239 g/mol. The Kier molecular flexibility index (Phi) is 3.79. The quantitative estimate of drug-likeness (QED) is 0.757. The standard InChI is InChI=1S/C7H13NO4S2/c1-2-3-14(11,12)8-5-13-4-6(8)7(9)10/h6H,2-5H2,1H3,(H,9,10)/t6-/m0/s1. The molecular formula is C7H13NO4S2. The summed E-state index contributed by atoms with van der Waals surface area (Å²) < 4.78 is 24.3. The number of thioether (sulfide) groups is 1. The zero-order chi connectivity index (χ0) is 10.8. The van der Waals surface area contributed by atoms with Crippen LogP contribution in [0, 0.1) is 0 Å². The summed E-state index contributed by atoms with van der Waals surface area (Å²) in [5.74, 6) is -0.427. The lowest BCUT2D eigenvalue weighted by molar-refractivity contribution is -0.140. The first kappa shape index (κ1) is 11.8. The minimum absolute atomic E-state index is 0.0251. The molecule has 0 radical (unpaired) electrons. The van der Waals surface area contributed by atoms with Gasteiger partial charge in [-0.05, 0) is 6.42 Å². The van der Waals surface area contributed by atoms with Crippen LogP contribution in [0.5, 0.6) is 0 Å². The van der Waals surface area contributed by atoms with Gasteiger partial charge in [0.1, 0.15) is 6.04 Å². The molecule has 0 spiro atoms. The van der Waals surface area contributed by atoms with Crippen molar-refractivity contribution in [2.75, 3.05) is 17.4 Å². The third-order valence-electron chi connectivity index (χ3n) is 1.95. The van der Waals surface area contributed by atoms with Gasteiger partial charge < -0.3 is 5.11 Å². The van der Waals surface area contributed by atoms with E-state index in [2.05, 4.69) is 0 Å². The Morgan fingerprint density at radius 1 is 1.64 bits per heavy atom. The van der Waals surface area contributed by atoms with Gasteiger partial charge in [0.15, 0.2) is 0 Å². The highest BCUT2D eigenvalue weighted by Gasteiger charge is 2.38. The number of hydrogen-bond donors (Lipinski definition) is 1. The first-order valence-corrected chi connectivity index (χ1v) is 7.05. The summed E-state index contributed by atoms with van der Waals surface area (Å²) in [6, 6.07) is -0.878. The molecule has 0 unspecified atom stereocenters. The predicted octanol–water partition coefficient (Wildman–Crippen LogP) is 0.186. The Morgan fingerprint density at radius 2 is 2.29 bits per heavy atom. The summed E-state index contributed by atoms with van der Waals surface area (Å²) in [5.41, 5.74) is 0. The molecule has 0 aromatic carbocycles. The third-order valence-corrected chi connectivity index (χ3v) is 5.14. The highest BCUT2D eigenvalue weighted by molar-refractivity contribution is 8.00. The van der Waals surface area contributed by atoms with Crippen LogP contribution in [0.25, 0.3) is 0 Å². The monoisotopic (exact) mass is 239 g/mol. The highest BCUT2D eigenvalue weighted by atomic mass is 32.2. The second-order valence-electron chi connectivity index (χ2n) is 3.06. The number of aliphatic carboxylic acids is 1. The van der Waals surface area contributed by atoms with Gasteiger partial charge >= 0.3 is 5.97 Å². The molecule has 1 fully saturated rings. The molecule has 1 atom stereocenters. The fraction of sp³-hybridized carbons (Fsp3) is 0.857. The maximum Gasteiger partial charge on any atom is 0.322 e. The summed E-state index contributed by atoms with van der Waals surface area (Å²) in [6.45, 7) is 1.76. The zero-order valence-electron chi connectivity index (χ0n) is 7.84. The minimum Gasteiger partial charge on any atom is -0.480 e. The summed E-state index contributed by atoms with van der Waals surface area (Å²) >= 11 is 1.34. The minimum atomic E-state index is -3.37. The van der Waals surface area contributed by atoms with Crippen LogP contribution >= 0.6 is 11.8 Å². The number of carbonyl (C=O) groups is 1. The van der Waals surface area contributed by atoms with Gasteiger partial charge in [-0.3, -0.25) is 4.79 Å². The molecule has 0 aromatic heterocycles. The van der Waals surface area contributed by atoms with Crippen LogP contribution in [0.4, 0.5) is 0 Å². The van der Waals surface area contributed by atoms with E-state index in [1.54, 1.807) is 6.92 Å². The Morgan fingerprint density at radius 3 is 2.79 bits per heavy atom. The van der Waals surface area contributed by atoms with Crippen LogP contribution in [-0.2, 0) is 14.8 Å². The molecule has 14 heavy (non-hydrogen) atoms. The predicted molar refractivity (Wildman–Crippen MR) is 54.7 cm³/mol. The van der Waals surface area contributed by atoms with Gasteiger partial charge in [0.25, 0.3) is 0 Å². The van der Waals surface area contributed by atoms with Gasteiger partial charge in [-0.15, -0.1) is 11.8 Å². The number of rotatable bonds is 4. The Bertz CT molecular complexity index is 314. The molecule has 0 aliphatic carbocycles. The van der Waals surface area contributed by atoms with Gasteiger partial charge in [0, 0.05) is 5.75 Å². The lowest BCUT2D eigenvalue weighted by Crippen LogP contribution is -2.42. The molecule has 0 saturated carbocycles. The Hall–Kier alpha value is -0.270. The molecule has 1 rings (SSSR count). The summed E-state index contributed by atoms with van der Waals surface area (Å²) in [4.78, 5) is 10.7. The van der Waals surface area contributed by atoms with Crippen molar-refractivity contribution in [1.29, 1.82) is 0 Å². The molecule has 1 aliphatic rings. The van der Waals surface area contributed by atoms with Crippen LogP contribution in [0.3, 0.4) is 0 Å². The number of hydrogen-bond acceptors (Lipinski definition) is 4. The second-order valence-corrected chi connectivity index (χ2v) is 6.10. The van der Waals surface area contributed by atoms with Crippen LogP contribution < -0.4 is 0 Å². The van der Waals surface area contributed by atoms with E-state index in [9.17, 15) is 13.2 Å². The van der Waals surface area contributed by atoms with Crippen molar-refractivity contribution >= 4 is 27.8 Å².